The quantitative estimate of drug-likeness (QED) is 0.853. The maximum Gasteiger partial charge on any atom is 0.271 e. The fourth-order valence-corrected chi connectivity index (χ4v) is 3.75. The van der Waals surface area contributed by atoms with Crippen LogP contribution in [0, 0.1) is 0 Å². The number of ether oxygens (including phenoxy) is 1. The van der Waals surface area contributed by atoms with Gasteiger partial charge in [-0.25, -0.2) is 8.42 Å². The van der Waals surface area contributed by atoms with Crippen LogP contribution >= 0.6 is 11.3 Å². The molecule has 0 amide bonds. The first-order chi connectivity index (χ1) is 9.90. The van der Waals surface area contributed by atoms with Crippen LogP contribution in [0.15, 0.2) is 39.9 Å². The zero-order chi connectivity index (χ0) is 15.5. The van der Waals surface area contributed by atoms with Gasteiger partial charge in [0, 0.05) is 17.1 Å². The lowest BCUT2D eigenvalue weighted by molar-refractivity contribution is 0.217. The second kappa shape index (κ2) is 6.36. The molecule has 1 heterocycles. The van der Waals surface area contributed by atoms with E-state index in [0.29, 0.717) is 17.1 Å². The van der Waals surface area contributed by atoms with E-state index in [4.69, 9.17) is 10.5 Å². The number of hydrogen-bond acceptors (Lipinski definition) is 5. The molecule has 7 heteroatoms. The van der Waals surface area contributed by atoms with Crippen molar-refractivity contribution in [1.29, 1.82) is 0 Å². The third-order valence-corrected chi connectivity index (χ3v) is 5.70. The van der Waals surface area contributed by atoms with Gasteiger partial charge in [0.15, 0.2) is 0 Å². The smallest absolute Gasteiger partial charge is 0.271 e. The number of anilines is 2. The fourth-order valence-electron chi connectivity index (χ4n) is 1.63. The van der Waals surface area contributed by atoms with E-state index < -0.39 is 10.0 Å². The lowest BCUT2D eigenvalue weighted by atomic mass is 10.3. The van der Waals surface area contributed by atoms with Gasteiger partial charge < -0.3 is 10.5 Å². The Morgan fingerprint density at radius 3 is 2.76 bits per heavy atom. The summed E-state index contributed by atoms with van der Waals surface area (Å²) in [7, 11) is -3.61. The number of benzene rings is 1. The molecule has 1 aromatic heterocycles. The highest BCUT2D eigenvalue weighted by Crippen LogP contribution is 2.26. The van der Waals surface area contributed by atoms with Gasteiger partial charge in [0.25, 0.3) is 10.0 Å². The van der Waals surface area contributed by atoms with Crippen LogP contribution in [0.25, 0.3) is 0 Å². The molecule has 0 saturated carbocycles. The Labute approximate surface area is 128 Å². The summed E-state index contributed by atoms with van der Waals surface area (Å²) in [5.41, 5.74) is 6.46. The maximum atomic E-state index is 12.2. The van der Waals surface area contributed by atoms with Gasteiger partial charge >= 0.3 is 0 Å². The van der Waals surface area contributed by atoms with Gasteiger partial charge in [-0.2, -0.15) is 0 Å². The Hall–Kier alpha value is -1.73. The van der Waals surface area contributed by atoms with Gasteiger partial charge in [-0.05, 0) is 31.5 Å². The number of nitrogen functional groups attached to an aromatic ring is 1. The summed E-state index contributed by atoms with van der Waals surface area (Å²) in [5.74, 6) is 0.634. The summed E-state index contributed by atoms with van der Waals surface area (Å²) < 4.78 is 32.8. The van der Waals surface area contributed by atoms with Crippen LogP contribution in [0.3, 0.4) is 0 Å². The molecule has 0 radical (unpaired) electrons. The lowest BCUT2D eigenvalue weighted by Crippen LogP contribution is -2.12. The van der Waals surface area contributed by atoms with Crippen molar-refractivity contribution in [3.8, 4) is 5.75 Å². The minimum Gasteiger partial charge on any atom is -0.491 e. The topological polar surface area (TPSA) is 81.4 Å². The Bertz CT molecular complexity index is 711. The average Bonchev–Trinajstić information content (AvgIpc) is 2.86. The monoisotopic (exact) mass is 326 g/mol. The Morgan fingerprint density at radius 2 is 2.14 bits per heavy atom. The molecule has 0 aliphatic rings. The normalized spacial score (nSPS) is 12.9. The zero-order valence-corrected chi connectivity index (χ0v) is 13.5. The number of rotatable bonds is 6. The number of hydrogen-bond donors (Lipinski definition) is 2. The largest absolute Gasteiger partial charge is 0.491 e. The molecule has 0 spiro atoms. The standard InChI is InChI=1S/C14H18N2O3S2/c1-3-10(2)19-13-6-4-5-12(8-13)16-21(17,18)14-7-11(15)9-20-14/h4-10,16H,3,15H2,1-2H3. The third-order valence-electron chi connectivity index (χ3n) is 2.86. The van der Waals surface area contributed by atoms with Crippen LogP contribution < -0.4 is 15.2 Å². The van der Waals surface area contributed by atoms with E-state index in [1.807, 2.05) is 13.8 Å². The SMILES string of the molecule is CCC(C)Oc1cccc(NS(=O)(=O)c2cc(N)cs2)c1. The number of sulfonamides is 1. The molecule has 0 bridgehead atoms. The first-order valence-corrected chi connectivity index (χ1v) is 8.90. The van der Waals surface area contributed by atoms with Gasteiger partial charge in [0.2, 0.25) is 0 Å². The molecule has 5 nitrogen and oxygen atoms in total. The van der Waals surface area contributed by atoms with Crippen LogP contribution in [0.5, 0.6) is 5.75 Å². The van der Waals surface area contributed by atoms with Gasteiger partial charge in [-0.3, -0.25) is 4.72 Å². The minimum atomic E-state index is -3.61. The van der Waals surface area contributed by atoms with Crippen molar-refractivity contribution >= 4 is 32.7 Å². The minimum absolute atomic E-state index is 0.0777. The van der Waals surface area contributed by atoms with E-state index >= 15 is 0 Å². The third kappa shape index (κ3) is 4.12. The summed E-state index contributed by atoms with van der Waals surface area (Å²) in [4.78, 5) is 0. The molecule has 1 unspecified atom stereocenters. The van der Waals surface area contributed by atoms with Crippen molar-refractivity contribution in [2.75, 3.05) is 10.5 Å². The Morgan fingerprint density at radius 1 is 1.38 bits per heavy atom. The van der Waals surface area contributed by atoms with Gasteiger partial charge in [0.1, 0.15) is 9.96 Å². The molecule has 2 aromatic rings. The summed E-state index contributed by atoms with van der Waals surface area (Å²) in [5, 5.41) is 1.59. The van der Waals surface area contributed by atoms with Crippen LogP contribution in [0.2, 0.25) is 0 Å². The van der Waals surface area contributed by atoms with E-state index in [9.17, 15) is 8.42 Å². The predicted molar refractivity (Wildman–Crippen MR) is 86.4 cm³/mol. The molecule has 21 heavy (non-hydrogen) atoms. The van der Waals surface area contributed by atoms with E-state index in [1.165, 1.54) is 6.07 Å². The second-order valence-corrected chi connectivity index (χ2v) is 7.49. The van der Waals surface area contributed by atoms with Crippen molar-refractivity contribution in [2.24, 2.45) is 0 Å². The van der Waals surface area contributed by atoms with E-state index in [0.717, 1.165) is 17.8 Å². The fraction of sp³-hybridized carbons (Fsp3) is 0.286. The van der Waals surface area contributed by atoms with Crippen molar-refractivity contribution in [2.45, 2.75) is 30.6 Å². The molecule has 3 N–H and O–H groups in total. The highest BCUT2D eigenvalue weighted by Gasteiger charge is 2.16. The van der Waals surface area contributed by atoms with Crippen LogP contribution in [-0.2, 0) is 10.0 Å². The molecule has 2 rings (SSSR count). The maximum absolute atomic E-state index is 12.2. The Balaban J connectivity index is 2.18. The average molecular weight is 326 g/mol. The predicted octanol–water partition coefficient (Wildman–Crippen LogP) is 3.31. The van der Waals surface area contributed by atoms with Gasteiger partial charge in [-0.15, -0.1) is 11.3 Å². The first-order valence-electron chi connectivity index (χ1n) is 6.54. The zero-order valence-electron chi connectivity index (χ0n) is 11.9. The first kappa shape index (κ1) is 15.7. The number of nitrogens with one attached hydrogen (secondary N) is 1. The summed E-state index contributed by atoms with van der Waals surface area (Å²) in [6.45, 7) is 3.99. The summed E-state index contributed by atoms with van der Waals surface area (Å²) in [6.07, 6.45) is 0.957. The van der Waals surface area contributed by atoms with Crippen LogP contribution in [-0.4, -0.2) is 14.5 Å². The molecule has 0 fully saturated rings. The van der Waals surface area contributed by atoms with Crippen LogP contribution in [0.1, 0.15) is 20.3 Å². The summed E-state index contributed by atoms with van der Waals surface area (Å²) in [6, 6.07) is 8.33. The van der Waals surface area contributed by atoms with Crippen molar-refractivity contribution in [3.05, 3.63) is 35.7 Å². The second-order valence-electron chi connectivity index (χ2n) is 4.67. The Kier molecular flexibility index (Phi) is 4.74. The molecule has 114 valence electrons. The molecule has 1 atom stereocenters. The summed E-state index contributed by atoms with van der Waals surface area (Å²) >= 11 is 1.09. The van der Waals surface area contributed by atoms with E-state index in [1.54, 1.807) is 29.6 Å². The van der Waals surface area contributed by atoms with E-state index in [2.05, 4.69) is 4.72 Å². The van der Waals surface area contributed by atoms with Crippen molar-refractivity contribution in [3.63, 3.8) is 0 Å². The van der Waals surface area contributed by atoms with Crippen molar-refractivity contribution in [1.82, 2.24) is 0 Å². The highest BCUT2D eigenvalue weighted by molar-refractivity contribution is 7.94. The van der Waals surface area contributed by atoms with Crippen LogP contribution in [0.4, 0.5) is 11.4 Å². The van der Waals surface area contributed by atoms with E-state index in [-0.39, 0.29) is 10.3 Å². The number of nitrogens with two attached hydrogens (primary N) is 1. The molecule has 0 aliphatic carbocycles. The van der Waals surface area contributed by atoms with Gasteiger partial charge in [0.05, 0.1) is 11.8 Å². The van der Waals surface area contributed by atoms with Crippen molar-refractivity contribution < 1.29 is 13.2 Å². The van der Waals surface area contributed by atoms with Gasteiger partial charge in [-0.1, -0.05) is 13.0 Å². The molecule has 0 saturated heterocycles. The molecule has 1 aromatic carbocycles. The number of thiophene rings is 1. The highest BCUT2D eigenvalue weighted by atomic mass is 32.2. The molecule has 0 aliphatic heterocycles. The lowest BCUT2D eigenvalue weighted by Gasteiger charge is -2.13. The molecular formula is C14H18N2O3S2. The molecular weight excluding hydrogens is 308 g/mol.